The van der Waals surface area contributed by atoms with Crippen LogP contribution in [-0.4, -0.2) is 67.8 Å². The van der Waals surface area contributed by atoms with Crippen LogP contribution in [0.25, 0.3) is 10.4 Å². The predicted octanol–water partition coefficient (Wildman–Crippen LogP) is 1.95. The normalized spacial score (nSPS) is 20.0. The van der Waals surface area contributed by atoms with Gasteiger partial charge in [0, 0.05) is 47.4 Å². The van der Waals surface area contributed by atoms with Crippen LogP contribution in [0.5, 0.6) is 0 Å². The molecule has 1 amide bonds. The largest absolute Gasteiger partial charge is 0.469 e. The number of nitrogens with one attached hydrogen (secondary N) is 2. The fourth-order valence-corrected chi connectivity index (χ4v) is 5.76. The minimum absolute atomic E-state index is 0.141. The zero-order valence-electron chi connectivity index (χ0n) is 20.6. The highest BCUT2D eigenvalue weighted by molar-refractivity contribution is 8.77. The number of hydrogen-bond acceptors (Lipinski definition) is 10. The Labute approximate surface area is 220 Å². The van der Waals surface area contributed by atoms with Gasteiger partial charge in [0.2, 0.25) is 5.91 Å². The second-order valence-corrected chi connectivity index (χ2v) is 12.9. The van der Waals surface area contributed by atoms with Gasteiger partial charge in [-0.2, -0.15) is 0 Å². The highest BCUT2D eigenvalue weighted by Gasteiger charge is 2.39. The third kappa shape index (κ3) is 11.2. The molecule has 2 heterocycles. The summed E-state index contributed by atoms with van der Waals surface area (Å²) in [6.45, 7) is 5.62. The van der Waals surface area contributed by atoms with Gasteiger partial charge in [-0.3, -0.25) is 23.7 Å². The molecule has 1 aliphatic rings. The SMILES string of the molecule is Cc1cn([C@H]2CC(OCSSC(C)(C)CNC(=O)CCCN=[N+]=[N-])[C@@H](COP(=O)(O)O)O2)c(=O)[nH]c1=O. The molecule has 0 saturated carbocycles. The number of H-pyrrole nitrogens is 1. The number of rotatable bonds is 15. The molecule has 37 heavy (non-hydrogen) atoms. The van der Waals surface area contributed by atoms with Crippen molar-refractivity contribution in [1.82, 2.24) is 14.9 Å². The average molecular weight is 583 g/mol. The van der Waals surface area contributed by atoms with Crippen molar-refractivity contribution < 1.29 is 33.1 Å². The number of carbonyl (C=O) groups excluding carboxylic acids is 1. The van der Waals surface area contributed by atoms with Crippen LogP contribution in [0.4, 0.5) is 0 Å². The topological polar surface area (TPSA) is 218 Å². The van der Waals surface area contributed by atoms with Crippen LogP contribution in [0.15, 0.2) is 20.9 Å². The van der Waals surface area contributed by atoms with Crippen molar-refractivity contribution in [1.29, 1.82) is 0 Å². The molecule has 0 aliphatic carbocycles. The zero-order chi connectivity index (χ0) is 27.6. The van der Waals surface area contributed by atoms with Gasteiger partial charge in [-0.15, -0.1) is 0 Å². The third-order valence-electron chi connectivity index (χ3n) is 5.09. The summed E-state index contributed by atoms with van der Waals surface area (Å²) in [6.07, 6.45) is -0.0959. The van der Waals surface area contributed by atoms with Crippen molar-refractivity contribution in [2.75, 3.05) is 25.6 Å². The molecule has 0 spiro atoms. The number of ether oxygens (including phenoxy) is 2. The smallest absolute Gasteiger partial charge is 0.364 e. The number of amides is 1. The Bertz CT molecular complexity index is 1130. The molecule has 1 aromatic rings. The predicted molar refractivity (Wildman–Crippen MR) is 138 cm³/mol. The van der Waals surface area contributed by atoms with Gasteiger partial charge < -0.3 is 24.6 Å². The number of phosphoric acid groups is 1. The Balaban J connectivity index is 1.89. The van der Waals surface area contributed by atoms with E-state index in [0.717, 1.165) is 0 Å². The van der Waals surface area contributed by atoms with Gasteiger partial charge in [0.15, 0.2) is 0 Å². The van der Waals surface area contributed by atoms with Crippen molar-refractivity contribution in [3.63, 3.8) is 0 Å². The summed E-state index contributed by atoms with van der Waals surface area (Å²) in [7, 11) is -1.91. The van der Waals surface area contributed by atoms with E-state index in [0.29, 0.717) is 18.5 Å². The summed E-state index contributed by atoms with van der Waals surface area (Å²) in [5.74, 6) is 0.0406. The van der Waals surface area contributed by atoms with Crippen LogP contribution in [0, 0.1) is 6.92 Å². The van der Waals surface area contributed by atoms with E-state index < -0.39 is 44.1 Å². The van der Waals surface area contributed by atoms with Crippen molar-refractivity contribution in [3.8, 4) is 0 Å². The fourth-order valence-electron chi connectivity index (χ4n) is 3.25. The van der Waals surface area contributed by atoms with Crippen LogP contribution < -0.4 is 16.6 Å². The number of carbonyl (C=O) groups is 1. The first kappa shape index (κ1) is 31.4. The van der Waals surface area contributed by atoms with Gasteiger partial charge in [-0.25, -0.2) is 9.36 Å². The third-order valence-corrected chi connectivity index (χ3v) is 8.52. The zero-order valence-corrected chi connectivity index (χ0v) is 23.1. The van der Waals surface area contributed by atoms with Crippen LogP contribution in [0.1, 0.15) is 44.9 Å². The molecular weight excluding hydrogens is 551 g/mol. The number of aryl methyl sites for hydroxylation is 1. The van der Waals surface area contributed by atoms with Crippen molar-refractivity contribution in [2.24, 2.45) is 5.11 Å². The van der Waals surface area contributed by atoms with Crippen molar-refractivity contribution in [3.05, 3.63) is 43.0 Å². The van der Waals surface area contributed by atoms with E-state index in [9.17, 15) is 18.9 Å². The second kappa shape index (κ2) is 14.4. The number of aromatic amines is 1. The van der Waals surface area contributed by atoms with Gasteiger partial charge in [0.05, 0.1) is 12.7 Å². The van der Waals surface area contributed by atoms with E-state index in [1.54, 1.807) is 0 Å². The molecular formula is C19H31N6O9PS2. The Morgan fingerprint density at radius 2 is 2.19 bits per heavy atom. The van der Waals surface area contributed by atoms with Crippen LogP contribution in [-0.2, 0) is 23.4 Å². The summed E-state index contributed by atoms with van der Waals surface area (Å²) in [5, 5.41) is 6.23. The first-order chi connectivity index (χ1) is 17.3. The lowest BCUT2D eigenvalue weighted by Crippen LogP contribution is -2.35. The molecule has 1 aromatic heterocycles. The summed E-state index contributed by atoms with van der Waals surface area (Å²) < 4.78 is 28.3. The summed E-state index contributed by atoms with van der Waals surface area (Å²) in [5.41, 5.74) is 7.36. The van der Waals surface area contributed by atoms with Crippen LogP contribution >= 0.6 is 29.4 Å². The molecule has 0 bridgehead atoms. The van der Waals surface area contributed by atoms with Crippen molar-refractivity contribution >= 4 is 35.3 Å². The number of azide groups is 1. The maximum Gasteiger partial charge on any atom is 0.469 e. The molecule has 4 N–H and O–H groups in total. The number of nitrogens with zero attached hydrogens (tertiary/aromatic N) is 4. The van der Waals surface area contributed by atoms with Gasteiger partial charge in [-0.05, 0) is 32.7 Å². The molecule has 18 heteroatoms. The second-order valence-electron chi connectivity index (χ2n) is 8.75. The Morgan fingerprint density at radius 3 is 2.86 bits per heavy atom. The lowest BCUT2D eigenvalue weighted by atomic mass is 10.2. The van der Waals surface area contributed by atoms with Gasteiger partial charge >= 0.3 is 13.5 Å². The molecule has 0 aromatic carbocycles. The Morgan fingerprint density at radius 1 is 1.46 bits per heavy atom. The maximum absolute atomic E-state index is 12.3. The maximum atomic E-state index is 12.3. The number of hydrogen-bond donors (Lipinski definition) is 4. The fraction of sp³-hybridized carbons (Fsp3) is 0.737. The molecule has 3 atom stereocenters. The van der Waals surface area contributed by atoms with E-state index in [1.807, 2.05) is 13.8 Å². The monoisotopic (exact) mass is 582 g/mol. The van der Waals surface area contributed by atoms with E-state index in [1.165, 1.54) is 39.3 Å². The van der Waals surface area contributed by atoms with Crippen LogP contribution in [0.3, 0.4) is 0 Å². The van der Waals surface area contributed by atoms with E-state index in [4.69, 9.17) is 24.8 Å². The highest BCUT2D eigenvalue weighted by Crippen LogP contribution is 2.40. The molecule has 15 nitrogen and oxygen atoms in total. The van der Waals surface area contributed by atoms with E-state index >= 15 is 0 Å². The quantitative estimate of drug-likeness (QED) is 0.0445. The molecule has 1 aliphatic heterocycles. The summed E-state index contributed by atoms with van der Waals surface area (Å²) in [6, 6.07) is 0. The first-order valence-electron chi connectivity index (χ1n) is 11.2. The van der Waals surface area contributed by atoms with E-state index in [2.05, 4.69) is 24.9 Å². The summed E-state index contributed by atoms with van der Waals surface area (Å²) in [4.78, 5) is 58.8. The van der Waals surface area contributed by atoms with E-state index in [-0.39, 0.29) is 36.0 Å². The lowest BCUT2D eigenvalue weighted by molar-refractivity contribution is -0.121. The lowest BCUT2D eigenvalue weighted by Gasteiger charge is -2.24. The summed E-state index contributed by atoms with van der Waals surface area (Å²) >= 11 is 0. The highest BCUT2D eigenvalue weighted by atomic mass is 33.1. The molecule has 0 radical (unpaired) electrons. The number of aromatic nitrogens is 2. The van der Waals surface area contributed by atoms with Gasteiger partial charge in [0.25, 0.3) is 5.56 Å². The standard InChI is InChI=1S/C19H31N6O9PS2/c1-12-8-25(18(28)23-17(12)27)16-7-13(14(34-16)9-33-35(29,30)31)32-11-36-37-19(2,3)10-21-15(26)5-4-6-22-24-20/h8,13-14,16H,4-7,9-11H2,1-3H3,(H,21,26)(H,23,27,28)(H2,29,30,31)/t13?,14-,16-/m1/s1. The average Bonchev–Trinajstić information content (AvgIpc) is 3.21. The van der Waals surface area contributed by atoms with Gasteiger partial charge in [-0.1, -0.05) is 26.7 Å². The minimum atomic E-state index is -4.76. The first-order valence-corrected chi connectivity index (χ1v) is 15.0. The van der Waals surface area contributed by atoms with Crippen molar-refractivity contribution in [2.45, 2.75) is 63.2 Å². The molecule has 208 valence electrons. The molecule has 1 saturated heterocycles. The number of phosphoric ester groups is 1. The Kier molecular flexibility index (Phi) is 12.2. The minimum Gasteiger partial charge on any atom is -0.364 e. The molecule has 1 fully saturated rings. The van der Waals surface area contributed by atoms with Gasteiger partial charge in [0.1, 0.15) is 18.3 Å². The Hall–Kier alpha value is -1.81. The van der Waals surface area contributed by atoms with Crippen LogP contribution in [0.2, 0.25) is 0 Å². The molecule has 1 unspecified atom stereocenters. The molecule has 2 rings (SSSR count).